The van der Waals surface area contributed by atoms with Crippen molar-refractivity contribution in [2.24, 2.45) is 11.8 Å². The van der Waals surface area contributed by atoms with Crippen LogP contribution in [0.5, 0.6) is 0 Å². The normalized spacial score (nSPS) is 25.6. The van der Waals surface area contributed by atoms with E-state index in [1.54, 1.807) is 7.11 Å². The van der Waals surface area contributed by atoms with Gasteiger partial charge in [-0.1, -0.05) is 24.3 Å². The van der Waals surface area contributed by atoms with Gasteiger partial charge in [0.15, 0.2) is 0 Å². The van der Waals surface area contributed by atoms with E-state index in [2.05, 4.69) is 40.7 Å². The SMILES string of the molecule is C=C[C@H]1CN2CCc3c([nH]c4ccccc34)C2C[C@@H]1/C(=C\OC)C(=O)OC. The number of carbonyl (C=O) groups excluding carboxylic acids is 1. The molecule has 1 aromatic carbocycles. The second kappa shape index (κ2) is 7.24. The summed E-state index contributed by atoms with van der Waals surface area (Å²) in [4.78, 5) is 18.5. The monoisotopic (exact) mass is 366 g/mol. The Morgan fingerprint density at radius 3 is 2.89 bits per heavy atom. The van der Waals surface area contributed by atoms with Crippen LogP contribution in [0.1, 0.15) is 23.7 Å². The quantitative estimate of drug-likeness (QED) is 0.389. The van der Waals surface area contributed by atoms with Crippen molar-refractivity contribution in [1.29, 1.82) is 0 Å². The van der Waals surface area contributed by atoms with Crippen LogP contribution in [0.25, 0.3) is 10.9 Å². The number of aromatic amines is 1. The predicted octanol–water partition coefficient (Wildman–Crippen LogP) is 3.59. The molecule has 0 spiro atoms. The predicted molar refractivity (Wildman–Crippen MR) is 105 cm³/mol. The molecule has 5 heteroatoms. The Morgan fingerprint density at radius 1 is 1.33 bits per heavy atom. The zero-order valence-electron chi connectivity index (χ0n) is 15.9. The summed E-state index contributed by atoms with van der Waals surface area (Å²) in [6.07, 6.45) is 5.38. The van der Waals surface area contributed by atoms with Gasteiger partial charge in [0.05, 0.1) is 32.1 Å². The second-order valence-electron chi connectivity index (χ2n) is 7.37. The van der Waals surface area contributed by atoms with Gasteiger partial charge in [0, 0.05) is 35.6 Å². The lowest BCUT2D eigenvalue weighted by molar-refractivity contribution is -0.137. The summed E-state index contributed by atoms with van der Waals surface area (Å²) in [5.41, 5.74) is 4.48. The number of benzene rings is 1. The van der Waals surface area contributed by atoms with Crippen molar-refractivity contribution in [2.45, 2.75) is 18.9 Å². The van der Waals surface area contributed by atoms with Gasteiger partial charge in [-0.05, 0) is 30.4 Å². The number of para-hydroxylation sites is 1. The molecule has 1 unspecified atom stereocenters. The third kappa shape index (κ3) is 2.96. The van der Waals surface area contributed by atoms with E-state index in [9.17, 15) is 4.79 Å². The highest BCUT2D eigenvalue weighted by atomic mass is 16.5. The second-order valence-corrected chi connectivity index (χ2v) is 7.37. The molecule has 3 atom stereocenters. The average molecular weight is 366 g/mol. The number of aromatic nitrogens is 1. The summed E-state index contributed by atoms with van der Waals surface area (Å²) in [6, 6.07) is 8.74. The Morgan fingerprint density at radius 2 is 2.15 bits per heavy atom. The fourth-order valence-electron chi connectivity index (χ4n) is 4.80. The minimum atomic E-state index is -0.324. The fraction of sp³-hybridized carbons (Fsp3) is 0.409. The summed E-state index contributed by atoms with van der Waals surface area (Å²) >= 11 is 0. The molecule has 1 aromatic heterocycles. The molecule has 3 heterocycles. The van der Waals surface area contributed by atoms with E-state index in [4.69, 9.17) is 9.47 Å². The van der Waals surface area contributed by atoms with Crippen molar-refractivity contribution >= 4 is 16.9 Å². The van der Waals surface area contributed by atoms with Crippen LogP contribution in [-0.2, 0) is 20.7 Å². The number of nitrogens with one attached hydrogen (secondary N) is 1. The molecule has 0 bridgehead atoms. The average Bonchev–Trinajstić information content (AvgIpc) is 3.09. The van der Waals surface area contributed by atoms with E-state index < -0.39 is 0 Å². The molecule has 1 saturated heterocycles. The molecule has 1 N–H and O–H groups in total. The first-order chi connectivity index (χ1) is 13.2. The number of carbonyl (C=O) groups is 1. The van der Waals surface area contributed by atoms with Crippen molar-refractivity contribution < 1.29 is 14.3 Å². The number of methoxy groups -OCH3 is 2. The molecule has 2 aliphatic rings. The maximum atomic E-state index is 12.4. The molecule has 4 rings (SSSR count). The van der Waals surface area contributed by atoms with Crippen molar-refractivity contribution in [1.82, 2.24) is 9.88 Å². The Balaban J connectivity index is 1.74. The van der Waals surface area contributed by atoms with E-state index in [0.29, 0.717) is 5.57 Å². The Kier molecular flexibility index (Phi) is 4.79. The molecule has 0 amide bonds. The molecule has 27 heavy (non-hydrogen) atoms. The molecule has 5 nitrogen and oxygen atoms in total. The van der Waals surface area contributed by atoms with E-state index >= 15 is 0 Å². The first-order valence-corrected chi connectivity index (χ1v) is 9.45. The van der Waals surface area contributed by atoms with Crippen molar-refractivity contribution in [2.75, 3.05) is 27.3 Å². The van der Waals surface area contributed by atoms with Gasteiger partial charge in [0.2, 0.25) is 0 Å². The lowest BCUT2D eigenvalue weighted by Crippen LogP contribution is -2.46. The standard InChI is InChI=1S/C22H26N2O3/c1-4-14-12-24-10-9-16-15-7-5-6-8-19(15)23-21(16)20(24)11-17(14)18(13-26-2)22(25)27-3/h4-8,13-14,17,20,23H,1,9-12H2,2-3H3/b18-13+/t14-,17-,20?/m0/s1. The summed E-state index contributed by atoms with van der Waals surface area (Å²) < 4.78 is 10.2. The zero-order chi connectivity index (χ0) is 19.0. The molecular weight excluding hydrogens is 340 g/mol. The van der Waals surface area contributed by atoms with E-state index in [1.165, 1.54) is 35.5 Å². The number of rotatable bonds is 4. The van der Waals surface area contributed by atoms with E-state index in [0.717, 1.165) is 25.9 Å². The summed E-state index contributed by atoms with van der Waals surface area (Å²) in [6.45, 7) is 5.93. The fourth-order valence-corrected chi connectivity index (χ4v) is 4.80. The highest BCUT2D eigenvalue weighted by molar-refractivity contribution is 5.89. The molecule has 1 fully saturated rings. The van der Waals surface area contributed by atoms with Gasteiger partial charge in [0.25, 0.3) is 0 Å². The minimum Gasteiger partial charge on any atom is -0.504 e. The topological polar surface area (TPSA) is 54.6 Å². The van der Waals surface area contributed by atoms with Gasteiger partial charge in [-0.15, -0.1) is 6.58 Å². The Bertz CT molecular complexity index is 898. The number of hydrogen-bond acceptors (Lipinski definition) is 4. The number of H-pyrrole nitrogens is 1. The molecule has 2 aromatic rings. The van der Waals surface area contributed by atoms with Gasteiger partial charge in [-0.2, -0.15) is 0 Å². The number of piperidine rings is 1. The molecule has 142 valence electrons. The maximum Gasteiger partial charge on any atom is 0.337 e. The lowest BCUT2D eigenvalue weighted by Gasteiger charge is -2.45. The van der Waals surface area contributed by atoms with Crippen LogP contribution in [0.3, 0.4) is 0 Å². The summed E-state index contributed by atoms with van der Waals surface area (Å²) in [5.74, 6) is -0.115. The molecule has 0 radical (unpaired) electrons. The van der Waals surface area contributed by atoms with Gasteiger partial charge in [-0.3, -0.25) is 4.90 Å². The molecular formula is C22H26N2O3. The van der Waals surface area contributed by atoms with Crippen LogP contribution in [-0.4, -0.2) is 43.2 Å². The van der Waals surface area contributed by atoms with Crippen molar-refractivity contribution in [3.05, 3.63) is 60.0 Å². The summed E-state index contributed by atoms with van der Waals surface area (Å²) in [5, 5.41) is 1.31. The smallest absolute Gasteiger partial charge is 0.337 e. The highest BCUT2D eigenvalue weighted by Gasteiger charge is 2.42. The van der Waals surface area contributed by atoms with Crippen LogP contribution in [0.2, 0.25) is 0 Å². The minimum absolute atomic E-state index is 0.0218. The van der Waals surface area contributed by atoms with Gasteiger partial charge >= 0.3 is 5.97 Å². The van der Waals surface area contributed by atoms with Crippen LogP contribution in [0, 0.1) is 11.8 Å². The third-order valence-electron chi connectivity index (χ3n) is 6.08. The highest BCUT2D eigenvalue weighted by Crippen LogP contribution is 2.45. The third-order valence-corrected chi connectivity index (χ3v) is 6.08. The number of nitrogens with zero attached hydrogens (tertiary/aromatic N) is 1. The Hall–Kier alpha value is -2.53. The largest absolute Gasteiger partial charge is 0.504 e. The molecule has 2 aliphatic heterocycles. The van der Waals surface area contributed by atoms with Gasteiger partial charge < -0.3 is 14.5 Å². The maximum absolute atomic E-state index is 12.4. The van der Waals surface area contributed by atoms with Gasteiger partial charge in [0.1, 0.15) is 0 Å². The van der Waals surface area contributed by atoms with Crippen LogP contribution >= 0.6 is 0 Å². The van der Waals surface area contributed by atoms with Crippen LogP contribution in [0.15, 0.2) is 48.8 Å². The first-order valence-electron chi connectivity index (χ1n) is 9.45. The lowest BCUT2D eigenvalue weighted by atomic mass is 9.75. The van der Waals surface area contributed by atoms with Crippen molar-refractivity contribution in [3.8, 4) is 0 Å². The zero-order valence-corrected chi connectivity index (χ0v) is 15.9. The van der Waals surface area contributed by atoms with E-state index in [-0.39, 0.29) is 23.8 Å². The molecule has 0 saturated carbocycles. The van der Waals surface area contributed by atoms with Crippen LogP contribution in [0.4, 0.5) is 0 Å². The molecule has 0 aliphatic carbocycles. The van der Waals surface area contributed by atoms with Crippen molar-refractivity contribution in [3.63, 3.8) is 0 Å². The number of esters is 1. The first kappa shape index (κ1) is 17.9. The summed E-state index contributed by atoms with van der Waals surface area (Å²) in [7, 11) is 2.98. The number of fused-ring (bicyclic) bond motifs is 5. The van der Waals surface area contributed by atoms with Crippen LogP contribution < -0.4 is 0 Å². The van der Waals surface area contributed by atoms with E-state index in [1.807, 2.05) is 6.08 Å². The number of hydrogen-bond donors (Lipinski definition) is 1. The number of ether oxygens (including phenoxy) is 2. The Labute approximate surface area is 159 Å². The van der Waals surface area contributed by atoms with Gasteiger partial charge in [-0.25, -0.2) is 4.79 Å².